The van der Waals surface area contributed by atoms with E-state index in [-0.39, 0.29) is 11.8 Å². The van der Waals surface area contributed by atoms with Crippen LogP contribution in [0.3, 0.4) is 0 Å². The van der Waals surface area contributed by atoms with Crippen LogP contribution in [0, 0.1) is 12.7 Å². The molecule has 1 heterocycles. The number of aryl methyl sites for hydroxylation is 1. The predicted molar refractivity (Wildman–Crippen MR) is 81.9 cm³/mol. The van der Waals surface area contributed by atoms with Crippen molar-refractivity contribution >= 4 is 11.0 Å². The fourth-order valence-corrected chi connectivity index (χ4v) is 2.61. The van der Waals surface area contributed by atoms with Crippen molar-refractivity contribution in [1.29, 1.82) is 0 Å². The van der Waals surface area contributed by atoms with Gasteiger partial charge in [-0.05, 0) is 50.6 Å². The van der Waals surface area contributed by atoms with Gasteiger partial charge in [0.15, 0.2) is 0 Å². The van der Waals surface area contributed by atoms with Gasteiger partial charge in [0.05, 0.1) is 16.6 Å². The SMILES string of the molecule is Cc1ccc2c(c1)nc(-c1ccc(O)cc1F)n2C(C)C. The van der Waals surface area contributed by atoms with E-state index in [1.54, 1.807) is 6.07 Å². The van der Waals surface area contributed by atoms with Gasteiger partial charge in [0.1, 0.15) is 17.4 Å². The number of hydrogen-bond donors (Lipinski definition) is 1. The van der Waals surface area contributed by atoms with E-state index in [1.807, 2.05) is 43.5 Å². The Hall–Kier alpha value is -2.36. The molecule has 1 aromatic heterocycles. The first-order valence-corrected chi connectivity index (χ1v) is 6.95. The van der Waals surface area contributed by atoms with Gasteiger partial charge in [-0.25, -0.2) is 9.37 Å². The number of phenols is 1. The fraction of sp³-hybridized carbons (Fsp3) is 0.235. The lowest BCUT2D eigenvalue weighted by molar-refractivity contribution is 0.469. The molecule has 0 amide bonds. The Morgan fingerprint density at radius 1 is 1.14 bits per heavy atom. The molecule has 0 atom stereocenters. The highest BCUT2D eigenvalue weighted by Gasteiger charge is 2.18. The van der Waals surface area contributed by atoms with E-state index in [2.05, 4.69) is 4.98 Å². The van der Waals surface area contributed by atoms with Crippen molar-refractivity contribution in [2.24, 2.45) is 0 Å². The van der Waals surface area contributed by atoms with Crippen molar-refractivity contribution in [2.75, 3.05) is 0 Å². The maximum atomic E-state index is 14.2. The Kier molecular flexibility index (Phi) is 3.16. The summed E-state index contributed by atoms with van der Waals surface area (Å²) in [5, 5.41) is 9.37. The highest BCUT2D eigenvalue weighted by atomic mass is 19.1. The van der Waals surface area contributed by atoms with Crippen LogP contribution < -0.4 is 0 Å². The zero-order chi connectivity index (χ0) is 15.1. The summed E-state index contributed by atoms with van der Waals surface area (Å²) in [5.74, 6) is 0.0336. The van der Waals surface area contributed by atoms with Crippen LogP contribution in [0.25, 0.3) is 22.4 Å². The first-order valence-electron chi connectivity index (χ1n) is 6.95. The second kappa shape index (κ2) is 4.88. The molecule has 3 aromatic rings. The number of imidazole rings is 1. The van der Waals surface area contributed by atoms with Crippen molar-refractivity contribution in [3.63, 3.8) is 0 Å². The van der Waals surface area contributed by atoms with E-state index in [0.29, 0.717) is 11.4 Å². The van der Waals surface area contributed by atoms with Crippen LogP contribution in [0.4, 0.5) is 4.39 Å². The van der Waals surface area contributed by atoms with Gasteiger partial charge in [0, 0.05) is 12.1 Å². The largest absolute Gasteiger partial charge is 0.508 e. The summed E-state index contributed by atoms with van der Waals surface area (Å²) in [5.41, 5.74) is 3.35. The topological polar surface area (TPSA) is 38.1 Å². The van der Waals surface area contributed by atoms with E-state index in [1.165, 1.54) is 6.07 Å². The summed E-state index contributed by atoms with van der Waals surface area (Å²) in [6.45, 7) is 6.10. The smallest absolute Gasteiger partial charge is 0.144 e. The molecule has 0 spiro atoms. The summed E-state index contributed by atoms with van der Waals surface area (Å²) < 4.78 is 16.2. The molecule has 21 heavy (non-hydrogen) atoms. The lowest BCUT2D eigenvalue weighted by Gasteiger charge is -2.13. The molecule has 0 radical (unpaired) electrons. The molecule has 3 rings (SSSR count). The number of aromatic nitrogens is 2. The molecular formula is C17H17FN2O. The Bertz CT molecular complexity index is 821. The molecule has 0 saturated heterocycles. The quantitative estimate of drug-likeness (QED) is 0.755. The van der Waals surface area contributed by atoms with Crippen molar-refractivity contribution in [1.82, 2.24) is 9.55 Å². The van der Waals surface area contributed by atoms with Crippen LogP contribution in [0.15, 0.2) is 36.4 Å². The van der Waals surface area contributed by atoms with Gasteiger partial charge >= 0.3 is 0 Å². The van der Waals surface area contributed by atoms with E-state index in [4.69, 9.17) is 0 Å². The lowest BCUT2D eigenvalue weighted by Crippen LogP contribution is -2.04. The molecular weight excluding hydrogens is 267 g/mol. The third-order valence-electron chi connectivity index (χ3n) is 3.55. The summed E-state index contributed by atoms with van der Waals surface area (Å²) in [7, 11) is 0. The molecule has 0 aliphatic heterocycles. The predicted octanol–water partition coefficient (Wildman–Crippen LogP) is 4.44. The maximum absolute atomic E-state index is 14.2. The van der Waals surface area contributed by atoms with Gasteiger partial charge in [-0.2, -0.15) is 0 Å². The molecule has 0 aliphatic carbocycles. The fourth-order valence-electron chi connectivity index (χ4n) is 2.61. The number of rotatable bonds is 2. The molecule has 2 aromatic carbocycles. The number of aromatic hydroxyl groups is 1. The van der Waals surface area contributed by atoms with Crippen LogP contribution in [0.1, 0.15) is 25.5 Å². The zero-order valence-corrected chi connectivity index (χ0v) is 12.3. The second-order valence-corrected chi connectivity index (χ2v) is 5.56. The average molecular weight is 284 g/mol. The first kappa shape index (κ1) is 13.6. The molecule has 0 saturated carbocycles. The van der Waals surface area contributed by atoms with Gasteiger partial charge in [-0.15, -0.1) is 0 Å². The monoisotopic (exact) mass is 284 g/mol. The van der Waals surface area contributed by atoms with Gasteiger partial charge in [-0.3, -0.25) is 0 Å². The van der Waals surface area contributed by atoms with Crippen LogP contribution in [-0.4, -0.2) is 14.7 Å². The summed E-state index contributed by atoms with van der Waals surface area (Å²) in [4.78, 5) is 4.60. The normalized spacial score (nSPS) is 11.5. The molecule has 1 N–H and O–H groups in total. The number of benzene rings is 2. The number of nitrogens with zero attached hydrogens (tertiary/aromatic N) is 2. The molecule has 0 fully saturated rings. The van der Waals surface area contributed by atoms with Gasteiger partial charge in [0.25, 0.3) is 0 Å². The third kappa shape index (κ3) is 2.27. The standard InChI is InChI=1S/C17H17FN2O/c1-10(2)20-16-7-4-11(3)8-15(16)19-17(20)13-6-5-12(21)9-14(13)18/h4-10,21H,1-3H3. The van der Waals surface area contributed by atoms with E-state index >= 15 is 0 Å². The van der Waals surface area contributed by atoms with Crippen molar-refractivity contribution in [3.05, 3.63) is 47.8 Å². The van der Waals surface area contributed by atoms with E-state index in [9.17, 15) is 9.50 Å². The van der Waals surface area contributed by atoms with Crippen LogP contribution in [0.5, 0.6) is 5.75 Å². The van der Waals surface area contributed by atoms with Gasteiger partial charge in [-0.1, -0.05) is 6.07 Å². The minimum absolute atomic E-state index is 0.0840. The molecule has 108 valence electrons. The number of fused-ring (bicyclic) bond motifs is 1. The van der Waals surface area contributed by atoms with Crippen LogP contribution >= 0.6 is 0 Å². The average Bonchev–Trinajstić information content (AvgIpc) is 2.76. The van der Waals surface area contributed by atoms with Crippen molar-refractivity contribution in [3.8, 4) is 17.1 Å². The first-order chi connectivity index (χ1) is 9.97. The Balaban J connectivity index is 2.33. The van der Waals surface area contributed by atoms with Gasteiger partial charge in [0.2, 0.25) is 0 Å². The molecule has 0 bridgehead atoms. The summed E-state index contributed by atoms with van der Waals surface area (Å²) in [6.07, 6.45) is 0. The van der Waals surface area contributed by atoms with E-state index < -0.39 is 5.82 Å². The molecule has 3 nitrogen and oxygen atoms in total. The molecule has 0 unspecified atom stereocenters. The minimum Gasteiger partial charge on any atom is -0.508 e. The van der Waals surface area contributed by atoms with Crippen molar-refractivity contribution in [2.45, 2.75) is 26.8 Å². The highest BCUT2D eigenvalue weighted by Crippen LogP contribution is 2.31. The second-order valence-electron chi connectivity index (χ2n) is 5.56. The summed E-state index contributed by atoms with van der Waals surface area (Å²) >= 11 is 0. The van der Waals surface area contributed by atoms with Crippen LogP contribution in [-0.2, 0) is 0 Å². The lowest BCUT2D eigenvalue weighted by atomic mass is 10.2. The number of hydrogen-bond acceptors (Lipinski definition) is 2. The Morgan fingerprint density at radius 2 is 1.90 bits per heavy atom. The van der Waals surface area contributed by atoms with Crippen molar-refractivity contribution < 1.29 is 9.50 Å². The van der Waals surface area contributed by atoms with Gasteiger partial charge < -0.3 is 9.67 Å². The summed E-state index contributed by atoms with van der Waals surface area (Å²) in [6, 6.07) is 10.4. The third-order valence-corrected chi connectivity index (χ3v) is 3.55. The maximum Gasteiger partial charge on any atom is 0.144 e. The van der Waals surface area contributed by atoms with E-state index in [0.717, 1.165) is 22.7 Å². The number of phenolic OH excluding ortho intramolecular Hbond substituents is 1. The van der Waals surface area contributed by atoms with Crippen LogP contribution in [0.2, 0.25) is 0 Å². The minimum atomic E-state index is -0.469. The number of halogens is 1. The molecule has 0 aliphatic rings. The molecule has 4 heteroatoms. The highest BCUT2D eigenvalue weighted by molar-refractivity contribution is 5.81. The Morgan fingerprint density at radius 3 is 2.57 bits per heavy atom. The Labute approximate surface area is 122 Å². The zero-order valence-electron chi connectivity index (χ0n) is 12.3.